The number of carbonyl (C=O) groups excluding carboxylic acids is 1. The Morgan fingerprint density at radius 1 is 1.14 bits per heavy atom. The third-order valence-corrected chi connectivity index (χ3v) is 5.46. The first kappa shape index (κ1) is 19.2. The molecule has 0 fully saturated rings. The minimum atomic E-state index is -0.133. The number of amides is 1. The fourth-order valence-corrected chi connectivity index (χ4v) is 3.61. The molecule has 0 aliphatic carbocycles. The quantitative estimate of drug-likeness (QED) is 0.404. The van der Waals surface area contributed by atoms with Crippen molar-refractivity contribution < 1.29 is 9.53 Å². The Morgan fingerprint density at radius 2 is 1.93 bits per heavy atom. The van der Waals surface area contributed by atoms with Crippen molar-refractivity contribution >= 4 is 45.7 Å². The van der Waals surface area contributed by atoms with Gasteiger partial charge < -0.3 is 15.4 Å². The average molecular weight is 499 g/mol. The summed E-state index contributed by atoms with van der Waals surface area (Å²) < 4.78 is 8.08. The first-order chi connectivity index (χ1) is 14.1. The molecule has 146 valence electrons. The summed E-state index contributed by atoms with van der Waals surface area (Å²) >= 11 is 2.15. The maximum atomic E-state index is 12.1. The van der Waals surface area contributed by atoms with Crippen LogP contribution in [0.5, 0.6) is 5.75 Å². The second kappa shape index (κ2) is 8.08. The summed E-state index contributed by atoms with van der Waals surface area (Å²) in [7, 11) is 3.26. The van der Waals surface area contributed by atoms with E-state index >= 15 is 0 Å². The van der Waals surface area contributed by atoms with Gasteiger partial charge in [0.15, 0.2) is 11.5 Å². The minimum absolute atomic E-state index is 0.133. The predicted molar refractivity (Wildman–Crippen MR) is 121 cm³/mol. The van der Waals surface area contributed by atoms with Crippen LogP contribution in [0.25, 0.3) is 16.9 Å². The van der Waals surface area contributed by atoms with Gasteiger partial charge in [-0.25, -0.2) is 9.97 Å². The van der Waals surface area contributed by atoms with Crippen LogP contribution in [-0.4, -0.2) is 34.4 Å². The van der Waals surface area contributed by atoms with Gasteiger partial charge in [-0.05, 0) is 65.1 Å². The van der Waals surface area contributed by atoms with E-state index in [-0.39, 0.29) is 5.91 Å². The Labute approximate surface area is 181 Å². The molecule has 29 heavy (non-hydrogen) atoms. The number of halogens is 1. The zero-order chi connectivity index (χ0) is 20.4. The van der Waals surface area contributed by atoms with E-state index in [1.165, 1.54) is 0 Å². The molecule has 0 spiro atoms. The lowest BCUT2D eigenvalue weighted by Crippen LogP contribution is -2.19. The molecule has 4 rings (SSSR count). The average Bonchev–Trinajstić information content (AvgIpc) is 3.20. The van der Waals surface area contributed by atoms with Gasteiger partial charge in [0.1, 0.15) is 5.75 Å². The summed E-state index contributed by atoms with van der Waals surface area (Å²) in [4.78, 5) is 21.1. The van der Waals surface area contributed by atoms with Gasteiger partial charge in [0.25, 0.3) is 5.91 Å². The van der Waals surface area contributed by atoms with Gasteiger partial charge in [0.05, 0.1) is 24.6 Å². The Kier molecular flexibility index (Phi) is 5.34. The standard InChI is InChI=1S/C21H18IN5O2/c1-23-21(28)16-11-14(5-8-17(16)22)26-19-20-25-12-18(27(20)10-9-24-19)13-3-6-15(29-2)7-4-13/h3-12H,1-2H3,(H,23,28)(H,24,26). The molecule has 0 atom stereocenters. The van der Waals surface area contributed by atoms with Crippen molar-refractivity contribution in [1.29, 1.82) is 0 Å². The van der Waals surface area contributed by atoms with E-state index in [2.05, 4.69) is 43.2 Å². The van der Waals surface area contributed by atoms with E-state index in [4.69, 9.17) is 4.74 Å². The van der Waals surface area contributed by atoms with Crippen LogP contribution in [0.3, 0.4) is 0 Å². The number of nitrogens with zero attached hydrogens (tertiary/aromatic N) is 3. The van der Waals surface area contributed by atoms with Crippen molar-refractivity contribution in [3.63, 3.8) is 0 Å². The molecular weight excluding hydrogens is 481 g/mol. The Hall–Kier alpha value is -3.14. The third kappa shape index (κ3) is 3.75. The van der Waals surface area contributed by atoms with Gasteiger partial charge in [0, 0.05) is 34.3 Å². The zero-order valence-corrected chi connectivity index (χ0v) is 18.0. The van der Waals surface area contributed by atoms with Crippen LogP contribution in [0.2, 0.25) is 0 Å². The lowest BCUT2D eigenvalue weighted by molar-refractivity contribution is 0.0962. The van der Waals surface area contributed by atoms with Crippen molar-refractivity contribution in [2.75, 3.05) is 19.5 Å². The van der Waals surface area contributed by atoms with Gasteiger partial charge >= 0.3 is 0 Å². The number of imidazole rings is 1. The first-order valence-electron chi connectivity index (χ1n) is 8.86. The molecule has 0 bridgehead atoms. The number of rotatable bonds is 5. The van der Waals surface area contributed by atoms with Gasteiger partial charge in [-0.1, -0.05) is 0 Å². The fourth-order valence-electron chi connectivity index (χ4n) is 3.03. The van der Waals surface area contributed by atoms with E-state index < -0.39 is 0 Å². The SMILES string of the molecule is CNC(=O)c1cc(Nc2nccn3c(-c4ccc(OC)cc4)cnc23)ccc1I. The molecule has 0 radical (unpaired) electrons. The zero-order valence-electron chi connectivity index (χ0n) is 15.8. The molecule has 4 aromatic rings. The summed E-state index contributed by atoms with van der Waals surface area (Å²) in [5, 5.41) is 5.94. The van der Waals surface area contributed by atoms with E-state index in [1.54, 1.807) is 26.4 Å². The van der Waals surface area contributed by atoms with Crippen molar-refractivity contribution in [3.8, 4) is 17.0 Å². The van der Waals surface area contributed by atoms with Crippen LogP contribution in [0.1, 0.15) is 10.4 Å². The summed E-state index contributed by atoms with van der Waals surface area (Å²) in [6.45, 7) is 0. The summed E-state index contributed by atoms with van der Waals surface area (Å²) in [6.07, 6.45) is 5.40. The third-order valence-electron chi connectivity index (χ3n) is 4.51. The van der Waals surface area contributed by atoms with Crippen LogP contribution in [0, 0.1) is 3.57 Å². The summed E-state index contributed by atoms with van der Waals surface area (Å²) in [5.41, 5.74) is 4.03. The molecular formula is C21H18IN5O2. The molecule has 0 unspecified atom stereocenters. The predicted octanol–water partition coefficient (Wildman–Crippen LogP) is 4.11. The number of carbonyl (C=O) groups is 1. The molecule has 0 aliphatic heterocycles. The van der Waals surface area contributed by atoms with Crippen LogP contribution in [0.4, 0.5) is 11.5 Å². The molecule has 0 aliphatic rings. The van der Waals surface area contributed by atoms with E-state index in [9.17, 15) is 4.79 Å². The number of benzene rings is 2. The van der Waals surface area contributed by atoms with Crippen LogP contribution in [0.15, 0.2) is 61.1 Å². The molecule has 7 nitrogen and oxygen atoms in total. The monoisotopic (exact) mass is 499 g/mol. The van der Waals surface area contributed by atoms with Crippen LogP contribution >= 0.6 is 22.6 Å². The van der Waals surface area contributed by atoms with Crippen molar-refractivity contribution in [2.24, 2.45) is 0 Å². The maximum absolute atomic E-state index is 12.1. The maximum Gasteiger partial charge on any atom is 0.252 e. The number of hydrogen-bond acceptors (Lipinski definition) is 5. The van der Waals surface area contributed by atoms with Crippen molar-refractivity contribution in [3.05, 3.63) is 70.2 Å². The first-order valence-corrected chi connectivity index (χ1v) is 9.93. The minimum Gasteiger partial charge on any atom is -0.497 e. The largest absolute Gasteiger partial charge is 0.497 e. The van der Waals surface area contributed by atoms with E-state index in [1.807, 2.05) is 53.2 Å². The van der Waals surface area contributed by atoms with Gasteiger partial charge in [-0.2, -0.15) is 0 Å². The number of methoxy groups -OCH3 is 1. The number of nitrogens with one attached hydrogen (secondary N) is 2. The number of hydrogen-bond donors (Lipinski definition) is 2. The highest BCUT2D eigenvalue weighted by atomic mass is 127. The Morgan fingerprint density at radius 3 is 2.66 bits per heavy atom. The Bertz CT molecular complexity index is 1190. The van der Waals surface area contributed by atoms with Gasteiger partial charge in [-0.15, -0.1) is 0 Å². The van der Waals surface area contributed by atoms with Crippen molar-refractivity contribution in [1.82, 2.24) is 19.7 Å². The van der Waals surface area contributed by atoms with Crippen LogP contribution < -0.4 is 15.4 Å². The summed E-state index contributed by atoms with van der Waals surface area (Å²) in [5.74, 6) is 1.28. The lowest BCUT2D eigenvalue weighted by Gasteiger charge is -2.10. The van der Waals surface area contributed by atoms with E-state index in [0.717, 1.165) is 26.3 Å². The molecule has 2 aromatic heterocycles. The summed E-state index contributed by atoms with van der Waals surface area (Å²) in [6, 6.07) is 13.4. The molecule has 2 N–H and O–H groups in total. The molecule has 2 heterocycles. The van der Waals surface area contributed by atoms with Crippen LogP contribution in [-0.2, 0) is 0 Å². The topological polar surface area (TPSA) is 80.6 Å². The number of anilines is 2. The molecule has 0 saturated heterocycles. The smallest absolute Gasteiger partial charge is 0.252 e. The highest BCUT2D eigenvalue weighted by Crippen LogP contribution is 2.27. The molecule has 2 aromatic carbocycles. The van der Waals surface area contributed by atoms with Gasteiger partial charge in [0.2, 0.25) is 0 Å². The molecule has 8 heteroatoms. The van der Waals surface area contributed by atoms with E-state index in [0.29, 0.717) is 17.0 Å². The lowest BCUT2D eigenvalue weighted by atomic mass is 10.1. The molecule has 1 amide bonds. The second-order valence-electron chi connectivity index (χ2n) is 6.24. The number of ether oxygens (including phenoxy) is 1. The molecule has 0 saturated carbocycles. The fraction of sp³-hybridized carbons (Fsp3) is 0.0952. The number of aromatic nitrogens is 3. The highest BCUT2D eigenvalue weighted by molar-refractivity contribution is 14.1. The van der Waals surface area contributed by atoms with Gasteiger partial charge in [-0.3, -0.25) is 9.20 Å². The highest BCUT2D eigenvalue weighted by Gasteiger charge is 2.13. The number of fused-ring (bicyclic) bond motifs is 1. The Balaban J connectivity index is 1.71. The second-order valence-corrected chi connectivity index (χ2v) is 7.40. The van der Waals surface area contributed by atoms with Crippen molar-refractivity contribution in [2.45, 2.75) is 0 Å². The normalized spacial score (nSPS) is 10.7.